The Morgan fingerprint density at radius 1 is 1.17 bits per heavy atom. The third kappa shape index (κ3) is 3.76. The van der Waals surface area contributed by atoms with Crippen LogP contribution in [0.15, 0.2) is 29.6 Å². The van der Waals surface area contributed by atoms with E-state index in [4.69, 9.17) is 0 Å². The maximum absolute atomic E-state index is 12.3. The standard InChI is InChI=1S/C18H21N3O2S/c1-11-3-6-13(7-4-11)19-18(23)21-20-17(22)15-10-24-16-9-12(2)5-8-14(15)16/h3-4,6-7,10,12H,5,8-9H2,1-2H3,(H,20,22)(H2,19,21,23)/t12-/m1/s1. The van der Waals surface area contributed by atoms with E-state index in [0.29, 0.717) is 17.2 Å². The van der Waals surface area contributed by atoms with Crippen LogP contribution in [0.5, 0.6) is 0 Å². The summed E-state index contributed by atoms with van der Waals surface area (Å²) in [4.78, 5) is 25.5. The maximum Gasteiger partial charge on any atom is 0.337 e. The van der Waals surface area contributed by atoms with Gasteiger partial charge in [-0.2, -0.15) is 0 Å². The molecule has 2 aromatic rings. The average molecular weight is 343 g/mol. The van der Waals surface area contributed by atoms with Crippen LogP contribution in [-0.2, 0) is 12.8 Å². The summed E-state index contributed by atoms with van der Waals surface area (Å²) < 4.78 is 0. The van der Waals surface area contributed by atoms with Crippen LogP contribution in [-0.4, -0.2) is 11.9 Å². The Labute approximate surface area is 145 Å². The van der Waals surface area contributed by atoms with Gasteiger partial charge in [-0.15, -0.1) is 11.3 Å². The summed E-state index contributed by atoms with van der Waals surface area (Å²) in [7, 11) is 0. The van der Waals surface area contributed by atoms with Crippen LogP contribution in [0.1, 0.15) is 39.7 Å². The molecule has 24 heavy (non-hydrogen) atoms. The minimum absolute atomic E-state index is 0.263. The molecule has 1 atom stereocenters. The van der Waals surface area contributed by atoms with E-state index < -0.39 is 6.03 Å². The predicted molar refractivity (Wildman–Crippen MR) is 96.3 cm³/mol. The number of amides is 3. The number of thiophene rings is 1. The van der Waals surface area contributed by atoms with Crippen molar-refractivity contribution in [2.45, 2.75) is 33.1 Å². The molecule has 0 fully saturated rings. The zero-order chi connectivity index (χ0) is 17.1. The molecular weight excluding hydrogens is 322 g/mol. The molecule has 1 heterocycles. The molecule has 126 valence electrons. The fourth-order valence-corrected chi connectivity index (χ4v) is 4.09. The van der Waals surface area contributed by atoms with Gasteiger partial charge in [0.1, 0.15) is 0 Å². The Bertz CT molecular complexity index is 752. The zero-order valence-corrected chi connectivity index (χ0v) is 14.6. The van der Waals surface area contributed by atoms with Gasteiger partial charge in [-0.1, -0.05) is 24.6 Å². The quantitative estimate of drug-likeness (QED) is 0.729. The second kappa shape index (κ2) is 7.05. The number of anilines is 1. The summed E-state index contributed by atoms with van der Waals surface area (Å²) in [5, 5.41) is 4.56. The van der Waals surface area contributed by atoms with Crippen LogP contribution in [0.4, 0.5) is 10.5 Å². The molecule has 3 N–H and O–H groups in total. The summed E-state index contributed by atoms with van der Waals surface area (Å²) in [6.07, 6.45) is 3.07. The van der Waals surface area contributed by atoms with Crippen molar-refractivity contribution in [3.8, 4) is 0 Å². The second-order valence-corrected chi connectivity index (χ2v) is 7.26. The Hall–Kier alpha value is -2.34. The molecular formula is C18H21N3O2S. The lowest BCUT2D eigenvalue weighted by Gasteiger charge is -2.18. The van der Waals surface area contributed by atoms with Gasteiger partial charge in [0, 0.05) is 15.9 Å². The predicted octanol–water partition coefficient (Wildman–Crippen LogP) is 3.65. The number of aryl methyl sites for hydroxylation is 1. The lowest BCUT2D eigenvalue weighted by atomic mass is 9.88. The number of urea groups is 1. The normalized spacial score (nSPS) is 16.2. The van der Waals surface area contributed by atoms with Crippen LogP contribution < -0.4 is 16.2 Å². The van der Waals surface area contributed by atoms with E-state index in [1.54, 1.807) is 11.3 Å². The number of hydrogen-bond donors (Lipinski definition) is 3. The first-order valence-corrected chi connectivity index (χ1v) is 8.94. The third-order valence-corrected chi connectivity index (χ3v) is 5.30. The van der Waals surface area contributed by atoms with Crippen molar-refractivity contribution in [2.24, 2.45) is 5.92 Å². The van der Waals surface area contributed by atoms with Gasteiger partial charge in [0.05, 0.1) is 5.56 Å². The van der Waals surface area contributed by atoms with Crippen LogP contribution in [0.2, 0.25) is 0 Å². The topological polar surface area (TPSA) is 70.2 Å². The first-order chi connectivity index (χ1) is 11.5. The van der Waals surface area contributed by atoms with E-state index in [1.165, 1.54) is 4.88 Å². The van der Waals surface area contributed by atoms with Crippen molar-refractivity contribution in [2.75, 3.05) is 5.32 Å². The number of hydrogen-bond acceptors (Lipinski definition) is 3. The molecule has 0 aliphatic heterocycles. The molecule has 6 heteroatoms. The molecule has 1 aromatic heterocycles. The van der Waals surface area contributed by atoms with Gasteiger partial charge in [0.25, 0.3) is 5.91 Å². The van der Waals surface area contributed by atoms with Gasteiger partial charge in [0.15, 0.2) is 0 Å². The number of nitrogens with one attached hydrogen (secondary N) is 3. The summed E-state index contributed by atoms with van der Waals surface area (Å²) >= 11 is 1.63. The van der Waals surface area contributed by atoms with Gasteiger partial charge in [-0.25, -0.2) is 10.2 Å². The summed E-state index contributed by atoms with van der Waals surface area (Å²) in [5.41, 5.74) is 8.49. The molecule has 3 amide bonds. The molecule has 0 bridgehead atoms. The zero-order valence-electron chi connectivity index (χ0n) is 13.8. The van der Waals surface area contributed by atoms with Gasteiger partial charge in [0.2, 0.25) is 0 Å². The molecule has 5 nitrogen and oxygen atoms in total. The average Bonchev–Trinajstić information content (AvgIpc) is 2.98. The van der Waals surface area contributed by atoms with E-state index in [0.717, 1.165) is 30.4 Å². The van der Waals surface area contributed by atoms with Gasteiger partial charge < -0.3 is 5.32 Å². The van der Waals surface area contributed by atoms with E-state index in [2.05, 4.69) is 23.1 Å². The van der Waals surface area contributed by atoms with Gasteiger partial charge in [-0.3, -0.25) is 10.2 Å². The first kappa shape index (κ1) is 16.5. The molecule has 1 aliphatic rings. The molecule has 0 spiro atoms. The highest BCUT2D eigenvalue weighted by molar-refractivity contribution is 7.10. The van der Waals surface area contributed by atoms with Crippen molar-refractivity contribution >= 4 is 29.0 Å². The Morgan fingerprint density at radius 2 is 1.92 bits per heavy atom. The highest BCUT2D eigenvalue weighted by Gasteiger charge is 2.23. The van der Waals surface area contributed by atoms with Crippen molar-refractivity contribution in [1.29, 1.82) is 0 Å². The van der Waals surface area contributed by atoms with Crippen LogP contribution in [0, 0.1) is 12.8 Å². The highest BCUT2D eigenvalue weighted by atomic mass is 32.1. The number of carbonyl (C=O) groups is 2. The van der Waals surface area contributed by atoms with Crippen molar-refractivity contribution in [3.63, 3.8) is 0 Å². The minimum atomic E-state index is -0.468. The van der Waals surface area contributed by atoms with Crippen molar-refractivity contribution in [1.82, 2.24) is 10.9 Å². The van der Waals surface area contributed by atoms with E-state index in [-0.39, 0.29) is 5.91 Å². The van der Waals surface area contributed by atoms with Crippen LogP contribution in [0.3, 0.4) is 0 Å². The molecule has 0 saturated heterocycles. The summed E-state index contributed by atoms with van der Waals surface area (Å²) in [5.74, 6) is 0.409. The number of rotatable bonds is 2. The maximum atomic E-state index is 12.3. The van der Waals surface area contributed by atoms with E-state index >= 15 is 0 Å². The SMILES string of the molecule is Cc1ccc(NC(=O)NNC(=O)c2csc3c2CC[C@@H](C)C3)cc1. The number of hydrazine groups is 1. The number of benzene rings is 1. The van der Waals surface area contributed by atoms with Crippen molar-refractivity contribution < 1.29 is 9.59 Å². The lowest BCUT2D eigenvalue weighted by molar-refractivity contribution is 0.0937. The third-order valence-electron chi connectivity index (χ3n) is 4.25. The van der Waals surface area contributed by atoms with Gasteiger partial charge in [-0.05, 0) is 49.8 Å². The Kier molecular flexibility index (Phi) is 4.85. The fourth-order valence-electron chi connectivity index (χ4n) is 2.85. The smallest absolute Gasteiger partial charge is 0.307 e. The largest absolute Gasteiger partial charge is 0.337 e. The second-order valence-electron chi connectivity index (χ2n) is 6.30. The first-order valence-electron chi connectivity index (χ1n) is 8.06. The van der Waals surface area contributed by atoms with Crippen molar-refractivity contribution in [3.05, 3.63) is 51.2 Å². The molecule has 0 radical (unpaired) electrons. The molecule has 0 saturated carbocycles. The summed E-state index contributed by atoms with van der Waals surface area (Å²) in [6, 6.07) is 6.98. The molecule has 0 unspecified atom stereocenters. The fraction of sp³-hybridized carbons (Fsp3) is 0.333. The monoisotopic (exact) mass is 343 g/mol. The lowest BCUT2D eigenvalue weighted by Crippen LogP contribution is -2.44. The Balaban J connectivity index is 1.56. The minimum Gasteiger partial charge on any atom is -0.307 e. The highest BCUT2D eigenvalue weighted by Crippen LogP contribution is 2.32. The van der Waals surface area contributed by atoms with Crippen LogP contribution in [0.25, 0.3) is 0 Å². The van der Waals surface area contributed by atoms with Crippen LogP contribution >= 0.6 is 11.3 Å². The Morgan fingerprint density at radius 3 is 2.67 bits per heavy atom. The number of fused-ring (bicyclic) bond motifs is 1. The van der Waals surface area contributed by atoms with E-state index in [1.807, 2.05) is 36.6 Å². The molecule has 1 aliphatic carbocycles. The summed E-state index contributed by atoms with van der Waals surface area (Å²) in [6.45, 7) is 4.21. The molecule has 3 rings (SSSR count). The number of carbonyl (C=O) groups excluding carboxylic acids is 2. The molecule has 1 aromatic carbocycles. The van der Waals surface area contributed by atoms with E-state index in [9.17, 15) is 9.59 Å². The van der Waals surface area contributed by atoms with Gasteiger partial charge >= 0.3 is 6.03 Å².